The van der Waals surface area contributed by atoms with Gasteiger partial charge < -0.3 is 24.8 Å². The van der Waals surface area contributed by atoms with Crippen molar-refractivity contribution in [1.29, 1.82) is 0 Å². The van der Waals surface area contributed by atoms with Crippen LogP contribution in [0, 0.1) is 0 Å². The second-order valence-corrected chi connectivity index (χ2v) is 4.79. The fraction of sp³-hybridized carbons (Fsp3) is 0.533. The molecule has 118 valence electrons. The number of hydrogen-bond acceptors (Lipinski definition) is 5. The molecule has 1 atom stereocenters. The molecule has 21 heavy (non-hydrogen) atoms. The molecule has 1 aromatic rings. The van der Waals surface area contributed by atoms with Crippen molar-refractivity contribution in [1.82, 2.24) is 4.90 Å². The van der Waals surface area contributed by atoms with Crippen LogP contribution >= 0.6 is 0 Å². The summed E-state index contributed by atoms with van der Waals surface area (Å²) in [6.07, 6.45) is 0. The number of nitrogen functional groups attached to an aromatic ring is 1. The monoisotopic (exact) mass is 296 g/mol. The Morgan fingerprint density at radius 2 is 1.95 bits per heavy atom. The molecule has 1 amide bonds. The molecule has 0 aliphatic rings. The van der Waals surface area contributed by atoms with E-state index in [0.29, 0.717) is 36.8 Å². The van der Waals surface area contributed by atoms with Crippen LogP contribution < -0.4 is 10.5 Å². The predicted molar refractivity (Wildman–Crippen MR) is 81.7 cm³/mol. The maximum absolute atomic E-state index is 12.7. The Balaban J connectivity index is 3.00. The molecule has 0 heterocycles. The molecule has 0 bridgehead atoms. The number of amides is 1. The second kappa shape index (κ2) is 8.49. The van der Waals surface area contributed by atoms with Crippen molar-refractivity contribution in [3.8, 4) is 5.75 Å². The van der Waals surface area contributed by atoms with E-state index in [1.807, 2.05) is 6.92 Å². The Hall–Kier alpha value is -1.79. The number of rotatable bonds is 8. The van der Waals surface area contributed by atoms with Crippen LogP contribution in [0.3, 0.4) is 0 Å². The van der Waals surface area contributed by atoms with Gasteiger partial charge in [0.15, 0.2) is 0 Å². The number of carbonyl (C=O) groups is 1. The average Bonchev–Trinajstić information content (AvgIpc) is 2.47. The van der Waals surface area contributed by atoms with E-state index in [1.165, 1.54) is 0 Å². The van der Waals surface area contributed by atoms with Crippen molar-refractivity contribution >= 4 is 11.6 Å². The van der Waals surface area contributed by atoms with Crippen LogP contribution in [0.5, 0.6) is 5.75 Å². The van der Waals surface area contributed by atoms with E-state index >= 15 is 0 Å². The molecule has 1 aromatic carbocycles. The third-order valence-electron chi connectivity index (χ3n) is 3.15. The lowest BCUT2D eigenvalue weighted by Crippen LogP contribution is -2.43. The number of methoxy groups -OCH3 is 3. The van der Waals surface area contributed by atoms with Crippen molar-refractivity contribution < 1.29 is 19.0 Å². The molecule has 0 aliphatic carbocycles. The van der Waals surface area contributed by atoms with Crippen LogP contribution in [-0.2, 0) is 9.47 Å². The van der Waals surface area contributed by atoms with E-state index < -0.39 is 0 Å². The highest BCUT2D eigenvalue weighted by Crippen LogP contribution is 2.20. The molecule has 0 aromatic heterocycles. The Bertz CT molecular complexity index is 465. The lowest BCUT2D eigenvalue weighted by Gasteiger charge is -2.29. The highest BCUT2D eigenvalue weighted by atomic mass is 16.5. The molecule has 1 rings (SSSR count). The lowest BCUT2D eigenvalue weighted by molar-refractivity contribution is 0.0479. The van der Waals surface area contributed by atoms with E-state index in [1.54, 1.807) is 44.4 Å². The van der Waals surface area contributed by atoms with Crippen molar-refractivity contribution in [3.05, 3.63) is 23.8 Å². The predicted octanol–water partition coefficient (Wildman–Crippen LogP) is 1.40. The number of ether oxygens (including phenoxy) is 3. The van der Waals surface area contributed by atoms with E-state index in [2.05, 4.69) is 0 Å². The van der Waals surface area contributed by atoms with Gasteiger partial charge in [-0.25, -0.2) is 0 Å². The summed E-state index contributed by atoms with van der Waals surface area (Å²) in [4.78, 5) is 14.4. The van der Waals surface area contributed by atoms with Gasteiger partial charge >= 0.3 is 0 Å². The van der Waals surface area contributed by atoms with Crippen LogP contribution in [0.15, 0.2) is 18.2 Å². The highest BCUT2D eigenvalue weighted by Gasteiger charge is 2.22. The Kier molecular flexibility index (Phi) is 6.98. The van der Waals surface area contributed by atoms with Gasteiger partial charge in [0.1, 0.15) is 5.75 Å². The first-order chi connectivity index (χ1) is 10.0. The first kappa shape index (κ1) is 17.3. The largest absolute Gasteiger partial charge is 0.497 e. The molecule has 0 radical (unpaired) electrons. The van der Waals surface area contributed by atoms with E-state index in [9.17, 15) is 4.79 Å². The summed E-state index contributed by atoms with van der Waals surface area (Å²) < 4.78 is 15.4. The van der Waals surface area contributed by atoms with Crippen LogP contribution in [0.25, 0.3) is 0 Å². The lowest BCUT2D eigenvalue weighted by atomic mass is 10.1. The quantitative estimate of drug-likeness (QED) is 0.734. The third kappa shape index (κ3) is 4.91. The van der Waals surface area contributed by atoms with Gasteiger partial charge in [-0.05, 0) is 19.1 Å². The molecule has 0 spiro atoms. The topological polar surface area (TPSA) is 74.0 Å². The molecule has 0 aliphatic heterocycles. The average molecular weight is 296 g/mol. The summed E-state index contributed by atoms with van der Waals surface area (Å²) in [5.41, 5.74) is 6.79. The fourth-order valence-electron chi connectivity index (χ4n) is 2.07. The van der Waals surface area contributed by atoms with Crippen molar-refractivity contribution in [2.24, 2.45) is 0 Å². The first-order valence-electron chi connectivity index (χ1n) is 6.76. The highest BCUT2D eigenvalue weighted by molar-refractivity contribution is 5.95. The van der Waals surface area contributed by atoms with Gasteiger partial charge in [0.05, 0.1) is 26.4 Å². The number of carbonyl (C=O) groups excluding carboxylic acids is 1. The number of hydrogen-bond donors (Lipinski definition) is 1. The van der Waals surface area contributed by atoms with E-state index in [0.717, 1.165) is 0 Å². The molecule has 0 fully saturated rings. The minimum Gasteiger partial charge on any atom is -0.497 e. The zero-order chi connectivity index (χ0) is 15.8. The normalized spacial score (nSPS) is 12.0. The number of nitrogens with two attached hydrogens (primary N) is 1. The summed E-state index contributed by atoms with van der Waals surface area (Å²) >= 11 is 0. The van der Waals surface area contributed by atoms with E-state index in [4.69, 9.17) is 19.9 Å². The Labute approximate surface area is 125 Å². The van der Waals surface area contributed by atoms with Gasteiger partial charge in [-0.1, -0.05) is 0 Å². The molecule has 0 saturated heterocycles. The number of benzene rings is 1. The van der Waals surface area contributed by atoms with Gasteiger partial charge in [0, 0.05) is 38.1 Å². The van der Waals surface area contributed by atoms with Crippen molar-refractivity contribution in [3.63, 3.8) is 0 Å². The maximum Gasteiger partial charge on any atom is 0.254 e. The van der Waals surface area contributed by atoms with Gasteiger partial charge in [-0.15, -0.1) is 0 Å². The van der Waals surface area contributed by atoms with E-state index in [-0.39, 0.29) is 11.9 Å². The minimum absolute atomic E-state index is 0.0647. The molecule has 1 unspecified atom stereocenters. The third-order valence-corrected chi connectivity index (χ3v) is 3.15. The second-order valence-electron chi connectivity index (χ2n) is 4.79. The SMILES string of the molecule is COCCN(C(=O)c1cc(N)cc(OC)c1)C(C)COC. The van der Waals surface area contributed by atoms with Gasteiger partial charge in [-0.3, -0.25) is 4.79 Å². The van der Waals surface area contributed by atoms with Crippen LogP contribution in [0.4, 0.5) is 5.69 Å². The summed E-state index contributed by atoms with van der Waals surface area (Å²) in [5, 5.41) is 0. The summed E-state index contributed by atoms with van der Waals surface area (Å²) in [5.74, 6) is 0.437. The van der Waals surface area contributed by atoms with Crippen molar-refractivity contribution in [2.75, 3.05) is 46.8 Å². The van der Waals surface area contributed by atoms with Crippen molar-refractivity contribution in [2.45, 2.75) is 13.0 Å². The molecular weight excluding hydrogens is 272 g/mol. The molecule has 6 heteroatoms. The summed E-state index contributed by atoms with van der Waals surface area (Å²) in [7, 11) is 4.76. The van der Waals surface area contributed by atoms with Crippen LogP contribution in [-0.4, -0.2) is 57.9 Å². The number of anilines is 1. The number of nitrogens with zero attached hydrogens (tertiary/aromatic N) is 1. The van der Waals surface area contributed by atoms with Crippen LogP contribution in [0.1, 0.15) is 17.3 Å². The van der Waals surface area contributed by atoms with Gasteiger partial charge in [0.2, 0.25) is 0 Å². The van der Waals surface area contributed by atoms with Crippen LogP contribution in [0.2, 0.25) is 0 Å². The zero-order valence-corrected chi connectivity index (χ0v) is 13.1. The zero-order valence-electron chi connectivity index (χ0n) is 13.1. The Morgan fingerprint density at radius 1 is 1.24 bits per heavy atom. The first-order valence-corrected chi connectivity index (χ1v) is 6.76. The van der Waals surface area contributed by atoms with Gasteiger partial charge in [0.25, 0.3) is 5.91 Å². The van der Waals surface area contributed by atoms with Gasteiger partial charge in [-0.2, -0.15) is 0 Å². The fourth-order valence-corrected chi connectivity index (χ4v) is 2.07. The molecule has 0 saturated carbocycles. The molecule has 2 N–H and O–H groups in total. The molecule has 6 nitrogen and oxygen atoms in total. The minimum atomic E-state index is -0.123. The summed E-state index contributed by atoms with van der Waals surface area (Å²) in [6, 6.07) is 4.93. The Morgan fingerprint density at radius 3 is 2.52 bits per heavy atom. The smallest absolute Gasteiger partial charge is 0.254 e. The maximum atomic E-state index is 12.7. The summed E-state index contributed by atoms with van der Waals surface area (Å²) in [6.45, 7) is 3.33. The standard InChI is InChI=1S/C15H24N2O4/c1-11(10-20-3)17(5-6-19-2)15(18)12-7-13(16)9-14(8-12)21-4/h7-9,11H,5-6,10,16H2,1-4H3. The molecular formula is C15H24N2O4.